The summed E-state index contributed by atoms with van der Waals surface area (Å²) in [5, 5.41) is 3.41. The lowest BCUT2D eigenvalue weighted by Gasteiger charge is -2.38. The first-order valence-electron chi connectivity index (χ1n) is 11.8. The third-order valence-corrected chi connectivity index (χ3v) is 6.42. The normalized spacial score (nSPS) is 20.2. The highest BCUT2D eigenvalue weighted by Crippen LogP contribution is 2.28. The van der Waals surface area contributed by atoms with Gasteiger partial charge in [-0.15, -0.1) is 0 Å². The molecule has 7 nitrogen and oxygen atoms in total. The molecule has 0 radical (unpaired) electrons. The van der Waals surface area contributed by atoms with Crippen LogP contribution in [0.4, 0.5) is 4.39 Å². The largest absolute Gasteiger partial charge is 0.492 e. The fourth-order valence-corrected chi connectivity index (χ4v) is 4.60. The molecule has 8 heteroatoms. The van der Waals surface area contributed by atoms with Gasteiger partial charge in [-0.2, -0.15) is 0 Å². The van der Waals surface area contributed by atoms with Gasteiger partial charge < -0.3 is 19.7 Å². The number of aromatic nitrogens is 1. The van der Waals surface area contributed by atoms with Crippen LogP contribution in [0.3, 0.4) is 0 Å². The summed E-state index contributed by atoms with van der Waals surface area (Å²) in [4.78, 5) is 21.4. The van der Waals surface area contributed by atoms with Crippen LogP contribution in [-0.4, -0.2) is 79.3 Å². The molecule has 3 heterocycles. The number of hydrogen-bond acceptors (Lipinski definition) is 6. The number of halogens is 1. The van der Waals surface area contributed by atoms with Gasteiger partial charge in [0.25, 0.3) is 0 Å². The van der Waals surface area contributed by atoms with Crippen LogP contribution >= 0.6 is 0 Å². The molecular weight excluding hydrogens is 423 g/mol. The van der Waals surface area contributed by atoms with Gasteiger partial charge in [0.15, 0.2) is 0 Å². The SMILES string of the molecule is O=C1CCC(CCNCCOc2ccc(F)cc2)N1CC(c1ccncc1)N1CCOCC1. The zero-order valence-corrected chi connectivity index (χ0v) is 19.0. The van der Waals surface area contributed by atoms with E-state index in [0.29, 0.717) is 31.9 Å². The molecule has 0 saturated carbocycles. The quantitative estimate of drug-likeness (QED) is 0.525. The van der Waals surface area contributed by atoms with Crippen molar-refractivity contribution in [3.05, 3.63) is 60.2 Å². The number of carbonyl (C=O) groups is 1. The Hall–Kier alpha value is -2.55. The van der Waals surface area contributed by atoms with Crippen LogP contribution in [0.5, 0.6) is 5.75 Å². The molecule has 0 bridgehead atoms. The lowest BCUT2D eigenvalue weighted by molar-refractivity contribution is -0.130. The minimum absolute atomic E-state index is 0.151. The second-order valence-corrected chi connectivity index (χ2v) is 8.52. The number of carbonyl (C=O) groups excluding carboxylic acids is 1. The van der Waals surface area contributed by atoms with Crippen molar-refractivity contribution in [2.24, 2.45) is 0 Å². The predicted octanol–water partition coefficient (Wildman–Crippen LogP) is 2.64. The number of nitrogens with one attached hydrogen (secondary N) is 1. The number of morpholine rings is 1. The van der Waals surface area contributed by atoms with Crippen molar-refractivity contribution in [3.8, 4) is 5.75 Å². The molecule has 2 fully saturated rings. The number of benzene rings is 1. The van der Waals surface area contributed by atoms with E-state index in [0.717, 1.165) is 45.7 Å². The summed E-state index contributed by atoms with van der Waals surface area (Å²) in [5.41, 5.74) is 1.20. The van der Waals surface area contributed by atoms with Crippen LogP contribution in [0.15, 0.2) is 48.8 Å². The monoisotopic (exact) mass is 456 g/mol. The first-order chi connectivity index (χ1) is 16.2. The Bertz CT molecular complexity index is 862. The van der Waals surface area contributed by atoms with E-state index in [2.05, 4.69) is 32.2 Å². The predicted molar refractivity (Wildman–Crippen MR) is 123 cm³/mol. The zero-order chi connectivity index (χ0) is 22.9. The van der Waals surface area contributed by atoms with E-state index in [4.69, 9.17) is 9.47 Å². The van der Waals surface area contributed by atoms with Crippen molar-refractivity contribution in [2.75, 3.05) is 52.5 Å². The molecule has 2 aliphatic heterocycles. The summed E-state index contributed by atoms with van der Waals surface area (Å²) in [6.45, 7) is 5.92. The standard InChI is InChI=1S/C25H33FN4O3/c26-21-1-4-23(5-2-21)33-16-13-28-12-9-22-3-6-25(31)30(22)19-24(20-7-10-27-11-8-20)29-14-17-32-18-15-29/h1-2,4-5,7-8,10-11,22,24,28H,3,6,9,12-19H2. The van der Waals surface area contributed by atoms with Crippen LogP contribution in [0.1, 0.15) is 30.9 Å². The van der Waals surface area contributed by atoms with Gasteiger partial charge in [-0.3, -0.25) is 14.7 Å². The molecule has 1 N–H and O–H groups in total. The Balaban J connectivity index is 1.27. The van der Waals surface area contributed by atoms with Crippen LogP contribution in [-0.2, 0) is 9.53 Å². The molecule has 2 aromatic rings. The molecule has 0 spiro atoms. The average molecular weight is 457 g/mol. The topological polar surface area (TPSA) is 66.9 Å². The van der Waals surface area contributed by atoms with E-state index >= 15 is 0 Å². The molecule has 2 atom stereocenters. The van der Waals surface area contributed by atoms with E-state index in [-0.39, 0.29) is 23.8 Å². The second-order valence-electron chi connectivity index (χ2n) is 8.52. The van der Waals surface area contributed by atoms with E-state index in [1.807, 2.05) is 12.4 Å². The van der Waals surface area contributed by atoms with Gasteiger partial charge in [-0.1, -0.05) is 0 Å². The number of likely N-dealkylation sites (tertiary alicyclic amines) is 1. The highest BCUT2D eigenvalue weighted by Gasteiger charge is 2.34. The van der Waals surface area contributed by atoms with E-state index < -0.39 is 0 Å². The fraction of sp³-hybridized carbons (Fsp3) is 0.520. The molecule has 2 saturated heterocycles. The Morgan fingerprint density at radius 1 is 1.12 bits per heavy atom. The van der Waals surface area contributed by atoms with Crippen molar-refractivity contribution in [2.45, 2.75) is 31.3 Å². The van der Waals surface area contributed by atoms with Crippen LogP contribution in [0, 0.1) is 5.82 Å². The number of hydrogen-bond donors (Lipinski definition) is 1. The molecule has 1 amide bonds. The van der Waals surface area contributed by atoms with Gasteiger partial charge in [0.1, 0.15) is 18.2 Å². The van der Waals surface area contributed by atoms with Gasteiger partial charge in [0.2, 0.25) is 5.91 Å². The van der Waals surface area contributed by atoms with Crippen molar-refractivity contribution >= 4 is 5.91 Å². The third-order valence-electron chi connectivity index (χ3n) is 6.42. The fourth-order valence-electron chi connectivity index (χ4n) is 4.60. The zero-order valence-electron chi connectivity index (χ0n) is 19.0. The molecule has 4 rings (SSSR count). The van der Waals surface area contributed by atoms with Gasteiger partial charge >= 0.3 is 0 Å². The molecule has 1 aromatic carbocycles. The molecule has 2 unspecified atom stereocenters. The summed E-state index contributed by atoms with van der Waals surface area (Å²) < 4.78 is 24.1. The van der Waals surface area contributed by atoms with Gasteiger partial charge in [0, 0.05) is 51.0 Å². The minimum Gasteiger partial charge on any atom is -0.492 e. The average Bonchev–Trinajstić information content (AvgIpc) is 3.20. The summed E-state index contributed by atoms with van der Waals surface area (Å²) in [5.74, 6) is 0.638. The maximum absolute atomic E-state index is 13.0. The van der Waals surface area contributed by atoms with Crippen molar-refractivity contribution < 1.29 is 18.7 Å². The van der Waals surface area contributed by atoms with E-state index in [9.17, 15) is 9.18 Å². The van der Waals surface area contributed by atoms with E-state index in [1.165, 1.54) is 17.7 Å². The highest BCUT2D eigenvalue weighted by atomic mass is 19.1. The number of nitrogens with zero attached hydrogens (tertiary/aromatic N) is 3. The summed E-state index contributed by atoms with van der Waals surface area (Å²) in [6, 6.07) is 10.6. The third kappa shape index (κ3) is 6.72. The Kier molecular flexibility index (Phi) is 8.63. The van der Waals surface area contributed by atoms with Gasteiger partial charge in [-0.05, 0) is 61.3 Å². The maximum atomic E-state index is 13.0. The maximum Gasteiger partial charge on any atom is 0.222 e. The van der Waals surface area contributed by atoms with Gasteiger partial charge in [0.05, 0.1) is 19.3 Å². The van der Waals surface area contributed by atoms with Crippen LogP contribution < -0.4 is 10.1 Å². The first-order valence-corrected chi connectivity index (χ1v) is 11.8. The minimum atomic E-state index is -0.268. The number of pyridine rings is 1. The Morgan fingerprint density at radius 3 is 2.64 bits per heavy atom. The smallest absolute Gasteiger partial charge is 0.222 e. The lowest BCUT2D eigenvalue weighted by Crippen LogP contribution is -2.46. The highest BCUT2D eigenvalue weighted by molar-refractivity contribution is 5.78. The molecule has 0 aliphatic carbocycles. The first kappa shape index (κ1) is 23.6. The second kappa shape index (κ2) is 12.1. The van der Waals surface area contributed by atoms with Gasteiger partial charge in [-0.25, -0.2) is 4.39 Å². The van der Waals surface area contributed by atoms with Crippen LogP contribution in [0.25, 0.3) is 0 Å². The molecule has 1 aromatic heterocycles. The molecule has 178 valence electrons. The number of ether oxygens (including phenoxy) is 2. The summed E-state index contributed by atoms with van der Waals surface area (Å²) in [6.07, 6.45) is 6.08. The lowest BCUT2D eigenvalue weighted by atomic mass is 10.0. The Morgan fingerprint density at radius 2 is 1.88 bits per heavy atom. The van der Waals surface area contributed by atoms with Crippen LogP contribution in [0.2, 0.25) is 0 Å². The Labute approximate surface area is 194 Å². The number of rotatable bonds is 11. The van der Waals surface area contributed by atoms with Crippen molar-refractivity contribution in [1.82, 2.24) is 20.1 Å². The van der Waals surface area contributed by atoms with Crippen molar-refractivity contribution in [1.29, 1.82) is 0 Å². The molecule has 2 aliphatic rings. The molecular formula is C25H33FN4O3. The number of amides is 1. The molecule has 33 heavy (non-hydrogen) atoms. The van der Waals surface area contributed by atoms with Crippen molar-refractivity contribution in [3.63, 3.8) is 0 Å². The summed E-state index contributed by atoms with van der Waals surface area (Å²) >= 11 is 0. The van der Waals surface area contributed by atoms with E-state index in [1.54, 1.807) is 12.1 Å². The summed E-state index contributed by atoms with van der Waals surface area (Å²) in [7, 11) is 0.